The summed E-state index contributed by atoms with van der Waals surface area (Å²) in [4.78, 5) is 17.5. The normalized spacial score (nSPS) is 16.0. The fourth-order valence-corrected chi connectivity index (χ4v) is 3.42. The van der Waals surface area contributed by atoms with Crippen LogP contribution in [0.3, 0.4) is 0 Å². The first-order valence-corrected chi connectivity index (χ1v) is 8.50. The Bertz CT molecular complexity index is 700. The van der Waals surface area contributed by atoms with Gasteiger partial charge in [-0.3, -0.25) is 4.79 Å². The molecule has 0 saturated heterocycles. The number of thiazole rings is 1. The molecule has 1 fully saturated rings. The largest absolute Gasteiger partial charge is 0.497 e. The molecule has 24 heavy (non-hydrogen) atoms. The fourth-order valence-electron chi connectivity index (χ4n) is 2.61. The van der Waals surface area contributed by atoms with Crippen molar-refractivity contribution in [3.63, 3.8) is 0 Å². The summed E-state index contributed by atoms with van der Waals surface area (Å²) < 4.78 is 5.15. The molecule has 1 aromatic heterocycles. The van der Waals surface area contributed by atoms with E-state index in [9.17, 15) is 4.79 Å². The number of carbonyl (C=O) groups excluding carboxylic acids is 1. The van der Waals surface area contributed by atoms with Crippen molar-refractivity contribution in [1.82, 2.24) is 10.3 Å². The van der Waals surface area contributed by atoms with Crippen LogP contribution in [-0.4, -0.2) is 30.1 Å². The number of hydrogen-bond acceptors (Lipinski definition) is 5. The Balaban J connectivity index is 0.00000208. The van der Waals surface area contributed by atoms with Crippen LogP contribution in [-0.2, 0) is 0 Å². The Morgan fingerprint density at radius 2 is 2.08 bits per heavy atom. The second-order valence-electron chi connectivity index (χ2n) is 6.11. The molecule has 1 aliphatic rings. The minimum Gasteiger partial charge on any atom is -0.497 e. The topological polar surface area (TPSA) is 77.2 Å². The van der Waals surface area contributed by atoms with Crippen LogP contribution >= 0.6 is 23.7 Å². The summed E-state index contributed by atoms with van der Waals surface area (Å²) in [5, 5.41) is 3.91. The molecule has 5 nitrogen and oxygen atoms in total. The molecular formula is C17H22ClN3O2S. The van der Waals surface area contributed by atoms with Gasteiger partial charge in [-0.1, -0.05) is 0 Å². The maximum absolute atomic E-state index is 12.5. The number of methoxy groups -OCH3 is 1. The molecule has 0 bridgehead atoms. The second-order valence-corrected chi connectivity index (χ2v) is 7.14. The lowest BCUT2D eigenvalue weighted by Crippen LogP contribution is -2.53. The number of ether oxygens (including phenoxy) is 1. The van der Waals surface area contributed by atoms with E-state index in [-0.39, 0.29) is 23.9 Å². The lowest BCUT2D eigenvalue weighted by atomic mass is 9.96. The van der Waals surface area contributed by atoms with Crippen molar-refractivity contribution in [1.29, 1.82) is 0 Å². The van der Waals surface area contributed by atoms with Crippen molar-refractivity contribution in [2.24, 2.45) is 11.7 Å². The van der Waals surface area contributed by atoms with Gasteiger partial charge in [0.1, 0.15) is 15.6 Å². The first-order valence-electron chi connectivity index (χ1n) is 7.68. The SMILES string of the molecule is COc1ccc(-c2ncc(C(=O)NC(C)(CN)C3CC3)s2)cc1.Cl. The maximum atomic E-state index is 12.5. The third-order valence-corrected chi connectivity index (χ3v) is 5.41. The minimum atomic E-state index is -0.318. The highest BCUT2D eigenvalue weighted by Crippen LogP contribution is 2.39. The zero-order valence-corrected chi connectivity index (χ0v) is 15.4. The Hall–Kier alpha value is -1.63. The van der Waals surface area contributed by atoms with E-state index >= 15 is 0 Å². The molecule has 1 amide bonds. The van der Waals surface area contributed by atoms with E-state index in [0.717, 1.165) is 29.2 Å². The molecule has 1 saturated carbocycles. The number of nitrogens with one attached hydrogen (secondary N) is 1. The summed E-state index contributed by atoms with van der Waals surface area (Å²) in [6.07, 6.45) is 3.89. The van der Waals surface area contributed by atoms with Crippen molar-refractivity contribution >= 4 is 29.7 Å². The lowest BCUT2D eigenvalue weighted by Gasteiger charge is -2.29. The van der Waals surface area contributed by atoms with Crippen LogP contribution in [0.5, 0.6) is 5.75 Å². The summed E-state index contributed by atoms with van der Waals surface area (Å²) in [6, 6.07) is 7.64. The number of halogens is 1. The lowest BCUT2D eigenvalue weighted by molar-refractivity contribution is 0.0902. The van der Waals surface area contributed by atoms with Gasteiger partial charge in [-0.25, -0.2) is 4.98 Å². The number of hydrogen-bond donors (Lipinski definition) is 2. The second kappa shape index (κ2) is 7.51. The maximum Gasteiger partial charge on any atom is 0.263 e. The van der Waals surface area contributed by atoms with Crippen LogP contribution in [0, 0.1) is 5.92 Å². The number of carbonyl (C=O) groups is 1. The average molecular weight is 368 g/mol. The van der Waals surface area contributed by atoms with Crippen molar-refractivity contribution in [3.05, 3.63) is 35.3 Å². The van der Waals surface area contributed by atoms with Gasteiger partial charge in [0.15, 0.2) is 0 Å². The summed E-state index contributed by atoms with van der Waals surface area (Å²) in [7, 11) is 1.63. The molecule has 1 unspecified atom stereocenters. The Kier molecular flexibility index (Phi) is 5.85. The van der Waals surface area contributed by atoms with E-state index in [1.807, 2.05) is 31.2 Å². The molecule has 0 aliphatic heterocycles. The first kappa shape index (κ1) is 18.7. The molecule has 7 heteroatoms. The summed E-state index contributed by atoms with van der Waals surface area (Å²) in [5.74, 6) is 1.19. The van der Waals surface area contributed by atoms with Gasteiger partial charge in [-0.05, 0) is 49.9 Å². The van der Waals surface area contributed by atoms with Crippen molar-refractivity contribution in [2.75, 3.05) is 13.7 Å². The highest BCUT2D eigenvalue weighted by Gasteiger charge is 2.41. The molecule has 1 aliphatic carbocycles. The third-order valence-electron chi connectivity index (χ3n) is 4.37. The van der Waals surface area contributed by atoms with Crippen LogP contribution in [0.15, 0.2) is 30.5 Å². The molecular weight excluding hydrogens is 346 g/mol. The smallest absolute Gasteiger partial charge is 0.263 e. The van der Waals surface area contributed by atoms with E-state index in [1.165, 1.54) is 11.3 Å². The zero-order chi connectivity index (χ0) is 16.4. The van der Waals surface area contributed by atoms with E-state index in [4.69, 9.17) is 10.5 Å². The highest BCUT2D eigenvalue weighted by molar-refractivity contribution is 7.16. The van der Waals surface area contributed by atoms with Crippen LogP contribution < -0.4 is 15.8 Å². The molecule has 130 valence electrons. The standard InChI is InChI=1S/C17H21N3O2S.ClH/c1-17(10-18,12-5-6-12)20-15(21)14-9-19-16(23-14)11-3-7-13(22-2)8-4-11;/h3-4,7-9,12H,5-6,10,18H2,1-2H3,(H,20,21);1H. The summed E-state index contributed by atoms with van der Waals surface area (Å²) >= 11 is 1.39. The molecule has 2 aromatic rings. The number of amides is 1. The van der Waals surface area contributed by atoms with E-state index in [1.54, 1.807) is 13.3 Å². The first-order chi connectivity index (χ1) is 11.1. The van der Waals surface area contributed by atoms with Gasteiger partial charge < -0.3 is 15.8 Å². The Morgan fingerprint density at radius 3 is 2.62 bits per heavy atom. The number of rotatable bonds is 6. The third kappa shape index (κ3) is 3.88. The Morgan fingerprint density at radius 1 is 1.42 bits per heavy atom. The number of nitrogens with zero attached hydrogens (tertiary/aromatic N) is 1. The molecule has 1 heterocycles. The van der Waals surface area contributed by atoms with E-state index in [0.29, 0.717) is 17.3 Å². The monoisotopic (exact) mass is 367 g/mol. The average Bonchev–Trinajstić information content (AvgIpc) is 3.32. The van der Waals surface area contributed by atoms with Gasteiger partial charge in [0.25, 0.3) is 5.91 Å². The van der Waals surface area contributed by atoms with Crippen molar-refractivity contribution < 1.29 is 9.53 Å². The van der Waals surface area contributed by atoms with Gasteiger partial charge in [0, 0.05) is 12.1 Å². The summed E-state index contributed by atoms with van der Waals surface area (Å²) in [5.41, 5.74) is 6.51. The number of benzene rings is 1. The van der Waals surface area contributed by atoms with Crippen LogP contribution in [0.25, 0.3) is 10.6 Å². The molecule has 3 rings (SSSR count). The van der Waals surface area contributed by atoms with Gasteiger partial charge in [-0.2, -0.15) is 0 Å². The minimum absolute atomic E-state index is 0. The fraction of sp³-hybridized carbons (Fsp3) is 0.412. The van der Waals surface area contributed by atoms with E-state index < -0.39 is 0 Å². The highest BCUT2D eigenvalue weighted by atomic mass is 35.5. The van der Waals surface area contributed by atoms with Gasteiger partial charge in [0.2, 0.25) is 0 Å². The number of aromatic nitrogens is 1. The van der Waals surface area contributed by atoms with Gasteiger partial charge in [0.05, 0.1) is 18.8 Å². The molecule has 0 spiro atoms. The molecule has 0 radical (unpaired) electrons. The zero-order valence-electron chi connectivity index (χ0n) is 13.7. The van der Waals surface area contributed by atoms with Crippen LogP contribution in [0.2, 0.25) is 0 Å². The number of nitrogens with two attached hydrogens (primary N) is 1. The summed E-state index contributed by atoms with van der Waals surface area (Å²) in [6.45, 7) is 2.47. The molecule has 3 N–H and O–H groups in total. The van der Waals surface area contributed by atoms with Crippen LogP contribution in [0.4, 0.5) is 0 Å². The van der Waals surface area contributed by atoms with Gasteiger partial charge >= 0.3 is 0 Å². The molecule has 1 aromatic carbocycles. The van der Waals surface area contributed by atoms with Gasteiger partial charge in [-0.15, -0.1) is 23.7 Å². The van der Waals surface area contributed by atoms with Crippen LogP contribution in [0.1, 0.15) is 29.4 Å². The predicted octanol–water partition coefficient (Wildman–Crippen LogP) is 3.10. The Labute approximate surface area is 152 Å². The van der Waals surface area contributed by atoms with Crippen molar-refractivity contribution in [3.8, 4) is 16.3 Å². The predicted molar refractivity (Wildman–Crippen MR) is 99.0 cm³/mol. The van der Waals surface area contributed by atoms with E-state index in [2.05, 4.69) is 10.3 Å². The van der Waals surface area contributed by atoms with Crippen molar-refractivity contribution in [2.45, 2.75) is 25.3 Å². The quantitative estimate of drug-likeness (QED) is 0.822. The molecule has 1 atom stereocenters.